The number of aromatic nitrogens is 6. The van der Waals surface area contributed by atoms with E-state index in [1.54, 1.807) is 23.1 Å². The molecule has 0 amide bonds. The van der Waals surface area contributed by atoms with Gasteiger partial charge in [0.2, 0.25) is 5.78 Å². The number of nitrogens with zero attached hydrogens (tertiary/aromatic N) is 6. The van der Waals surface area contributed by atoms with E-state index in [4.69, 9.17) is 4.74 Å². The molecule has 5 rings (SSSR count). The summed E-state index contributed by atoms with van der Waals surface area (Å²) in [5, 5.41) is 8.79. The fourth-order valence-electron chi connectivity index (χ4n) is 3.90. The molecule has 0 aliphatic rings. The molecular weight excluding hydrogens is 476 g/mol. The zero-order valence-electron chi connectivity index (χ0n) is 17.6. The third kappa shape index (κ3) is 2.98. The highest BCUT2D eigenvalue weighted by Crippen LogP contribution is 2.26. The lowest BCUT2D eigenvalue weighted by molar-refractivity contribution is 0.415. The van der Waals surface area contributed by atoms with Crippen LogP contribution in [0, 0.1) is 0 Å². The van der Waals surface area contributed by atoms with Gasteiger partial charge in [0.1, 0.15) is 5.75 Å². The van der Waals surface area contributed by atoms with Gasteiger partial charge < -0.3 is 4.74 Å². The van der Waals surface area contributed by atoms with E-state index < -0.39 is 5.69 Å². The van der Waals surface area contributed by atoms with Crippen LogP contribution >= 0.6 is 15.9 Å². The van der Waals surface area contributed by atoms with Crippen molar-refractivity contribution in [2.24, 2.45) is 14.1 Å². The summed E-state index contributed by atoms with van der Waals surface area (Å²) >= 11 is 3.45. The molecule has 0 unspecified atom stereocenters. The molecule has 2 aromatic carbocycles. The van der Waals surface area contributed by atoms with Crippen LogP contribution in [0.25, 0.3) is 28.3 Å². The van der Waals surface area contributed by atoms with Crippen molar-refractivity contribution in [1.82, 2.24) is 28.3 Å². The van der Waals surface area contributed by atoms with Gasteiger partial charge in [0.15, 0.2) is 17.0 Å². The number of hydrogen-bond acceptors (Lipinski definition) is 5. The molecule has 0 aliphatic heterocycles. The Kier molecular flexibility index (Phi) is 4.74. The number of rotatable bonds is 4. The largest absolute Gasteiger partial charge is 0.497 e. The van der Waals surface area contributed by atoms with Crippen LogP contribution in [0.3, 0.4) is 0 Å². The van der Waals surface area contributed by atoms with Gasteiger partial charge in [-0.15, -0.1) is 10.2 Å². The Morgan fingerprint density at radius 1 is 0.938 bits per heavy atom. The number of benzene rings is 2. The topological polar surface area (TPSA) is 88.3 Å². The Hall–Kier alpha value is -3.66. The van der Waals surface area contributed by atoms with Crippen molar-refractivity contribution in [3.8, 4) is 17.1 Å². The van der Waals surface area contributed by atoms with Crippen molar-refractivity contribution < 1.29 is 4.74 Å². The van der Waals surface area contributed by atoms with Crippen LogP contribution in [-0.2, 0) is 20.6 Å². The van der Waals surface area contributed by atoms with E-state index in [1.165, 1.54) is 11.6 Å². The summed E-state index contributed by atoms with van der Waals surface area (Å²) in [6.07, 6.45) is 0. The number of imidazole rings is 1. The lowest BCUT2D eigenvalue weighted by Gasteiger charge is -2.08. The van der Waals surface area contributed by atoms with Crippen molar-refractivity contribution >= 4 is 32.9 Å². The molecule has 0 N–H and O–H groups in total. The molecule has 162 valence electrons. The second-order valence-electron chi connectivity index (χ2n) is 7.48. The highest BCUT2D eigenvalue weighted by atomic mass is 79.9. The summed E-state index contributed by atoms with van der Waals surface area (Å²) in [5.41, 5.74) is 1.80. The standard InChI is InChI=1S/C22H19BrN6O3/c1-26-19-17(20(30)27(2)22(26)31)28(12-13-4-8-15(23)9-5-13)21-25-24-18(29(19)21)14-6-10-16(32-3)11-7-14/h4-11H,12H2,1-3H3. The maximum absolute atomic E-state index is 13.2. The van der Waals surface area contributed by atoms with Crippen molar-refractivity contribution in [3.05, 3.63) is 79.4 Å². The molecule has 10 heteroatoms. The van der Waals surface area contributed by atoms with E-state index in [-0.39, 0.29) is 5.56 Å². The van der Waals surface area contributed by atoms with Crippen molar-refractivity contribution in [2.75, 3.05) is 7.11 Å². The highest BCUT2D eigenvalue weighted by molar-refractivity contribution is 9.10. The Morgan fingerprint density at radius 3 is 2.28 bits per heavy atom. The molecule has 0 saturated carbocycles. The Labute approximate surface area is 190 Å². The lowest BCUT2D eigenvalue weighted by Crippen LogP contribution is -2.37. The maximum Gasteiger partial charge on any atom is 0.332 e. The van der Waals surface area contributed by atoms with Gasteiger partial charge in [-0.1, -0.05) is 28.1 Å². The molecule has 0 saturated heterocycles. The van der Waals surface area contributed by atoms with Crippen LogP contribution in [0.4, 0.5) is 0 Å². The van der Waals surface area contributed by atoms with Crippen LogP contribution in [0.2, 0.25) is 0 Å². The average Bonchev–Trinajstić information content (AvgIpc) is 3.37. The SMILES string of the molecule is COc1ccc(-c2nnc3n(Cc4ccc(Br)cc4)c4c(=O)n(C)c(=O)n(C)c4n23)cc1. The number of fused-ring (bicyclic) bond motifs is 3. The second-order valence-corrected chi connectivity index (χ2v) is 8.39. The number of ether oxygens (including phenoxy) is 1. The molecule has 0 spiro atoms. The molecule has 9 nitrogen and oxygen atoms in total. The van der Waals surface area contributed by atoms with Crippen molar-refractivity contribution in [2.45, 2.75) is 6.54 Å². The van der Waals surface area contributed by atoms with Crippen molar-refractivity contribution in [3.63, 3.8) is 0 Å². The second kappa shape index (κ2) is 7.49. The van der Waals surface area contributed by atoms with Crippen LogP contribution in [0.15, 0.2) is 62.6 Å². The van der Waals surface area contributed by atoms with Gasteiger partial charge in [0.05, 0.1) is 13.7 Å². The third-order valence-corrected chi connectivity index (χ3v) is 6.11. The fourth-order valence-corrected chi connectivity index (χ4v) is 4.17. The fraction of sp³-hybridized carbons (Fsp3) is 0.182. The predicted molar refractivity (Wildman–Crippen MR) is 124 cm³/mol. The Balaban J connectivity index is 1.86. The quantitative estimate of drug-likeness (QED) is 0.383. The third-order valence-electron chi connectivity index (χ3n) is 5.58. The minimum atomic E-state index is -0.417. The van der Waals surface area contributed by atoms with E-state index in [0.29, 0.717) is 35.1 Å². The number of aryl methyl sites for hydroxylation is 1. The molecule has 5 aromatic rings. The van der Waals surface area contributed by atoms with E-state index in [1.807, 2.05) is 48.5 Å². The lowest BCUT2D eigenvalue weighted by atomic mass is 10.2. The summed E-state index contributed by atoms with van der Waals surface area (Å²) in [6.45, 7) is 0.397. The highest BCUT2D eigenvalue weighted by Gasteiger charge is 2.24. The van der Waals surface area contributed by atoms with Crippen LogP contribution in [-0.4, -0.2) is 35.4 Å². The summed E-state index contributed by atoms with van der Waals surface area (Å²) < 4.78 is 12.3. The Morgan fingerprint density at radius 2 is 1.62 bits per heavy atom. The molecule has 32 heavy (non-hydrogen) atoms. The molecular formula is C22H19BrN6O3. The van der Waals surface area contributed by atoms with Gasteiger partial charge >= 0.3 is 5.69 Å². The molecule has 0 atom stereocenters. The van der Waals surface area contributed by atoms with Gasteiger partial charge in [0.25, 0.3) is 5.56 Å². The first-order chi connectivity index (χ1) is 15.4. The summed E-state index contributed by atoms with van der Waals surface area (Å²) in [7, 11) is 4.73. The van der Waals surface area contributed by atoms with E-state index in [2.05, 4.69) is 26.1 Å². The van der Waals surface area contributed by atoms with Gasteiger partial charge in [0, 0.05) is 24.1 Å². The monoisotopic (exact) mass is 494 g/mol. The van der Waals surface area contributed by atoms with Crippen LogP contribution in [0.5, 0.6) is 5.75 Å². The molecule has 0 bridgehead atoms. The first-order valence-corrected chi connectivity index (χ1v) is 10.6. The zero-order valence-corrected chi connectivity index (χ0v) is 19.2. The minimum Gasteiger partial charge on any atom is -0.497 e. The maximum atomic E-state index is 13.2. The number of methoxy groups -OCH3 is 1. The smallest absolute Gasteiger partial charge is 0.332 e. The van der Waals surface area contributed by atoms with Gasteiger partial charge in [-0.2, -0.15) is 0 Å². The predicted octanol–water partition coefficient (Wildman–Crippen LogP) is 2.57. The van der Waals surface area contributed by atoms with Crippen LogP contribution < -0.4 is 16.0 Å². The first-order valence-electron chi connectivity index (χ1n) is 9.83. The molecule has 0 radical (unpaired) electrons. The normalized spacial score (nSPS) is 11.5. The summed E-state index contributed by atoms with van der Waals surface area (Å²) in [4.78, 5) is 26.0. The van der Waals surface area contributed by atoms with E-state index >= 15 is 0 Å². The van der Waals surface area contributed by atoms with E-state index in [9.17, 15) is 9.59 Å². The summed E-state index contributed by atoms with van der Waals surface area (Å²) in [5.74, 6) is 1.73. The number of halogens is 1. The summed E-state index contributed by atoms with van der Waals surface area (Å²) in [6, 6.07) is 15.2. The average molecular weight is 495 g/mol. The number of hydrogen-bond donors (Lipinski definition) is 0. The molecule has 0 fully saturated rings. The van der Waals surface area contributed by atoms with Gasteiger partial charge in [-0.25, -0.2) is 9.20 Å². The van der Waals surface area contributed by atoms with Gasteiger partial charge in [-0.05, 0) is 42.0 Å². The van der Waals surface area contributed by atoms with Crippen LogP contribution in [0.1, 0.15) is 5.56 Å². The Bertz CT molecular complexity index is 1590. The first kappa shape index (κ1) is 20.3. The molecule has 3 heterocycles. The van der Waals surface area contributed by atoms with E-state index in [0.717, 1.165) is 20.2 Å². The minimum absolute atomic E-state index is 0.383. The van der Waals surface area contributed by atoms with Gasteiger partial charge in [-0.3, -0.25) is 18.5 Å². The molecule has 0 aliphatic carbocycles. The van der Waals surface area contributed by atoms with Crippen molar-refractivity contribution in [1.29, 1.82) is 0 Å². The zero-order chi connectivity index (χ0) is 22.6. The molecule has 3 aromatic heterocycles.